The van der Waals surface area contributed by atoms with E-state index in [0.717, 1.165) is 11.3 Å². The van der Waals surface area contributed by atoms with Crippen LogP contribution in [0.2, 0.25) is 5.02 Å². The van der Waals surface area contributed by atoms with Crippen LogP contribution in [-0.4, -0.2) is 59.5 Å². The highest BCUT2D eigenvalue weighted by Gasteiger charge is 2.33. The summed E-state index contributed by atoms with van der Waals surface area (Å²) in [6.45, 7) is -0.594. The first kappa shape index (κ1) is 22.0. The van der Waals surface area contributed by atoms with Gasteiger partial charge in [-0.25, -0.2) is 26.0 Å². The number of hydrogen-bond donors (Lipinski definition) is 0. The van der Waals surface area contributed by atoms with Crippen molar-refractivity contribution in [1.29, 1.82) is 0 Å². The van der Waals surface area contributed by atoms with Crippen LogP contribution in [0.4, 0.5) is 17.6 Å². The molecule has 0 saturated carbocycles. The van der Waals surface area contributed by atoms with Crippen molar-refractivity contribution in [2.24, 2.45) is 0 Å². The number of alkyl halides is 4. The molecule has 1 fully saturated rings. The molecular formula is C15H15ClF4N4O3S2. The summed E-state index contributed by atoms with van der Waals surface area (Å²) >= 11 is 6.64. The summed E-state index contributed by atoms with van der Waals surface area (Å²) < 4.78 is 79.0. The second kappa shape index (κ2) is 8.58. The highest BCUT2D eigenvalue weighted by atomic mass is 35.5. The van der Waals surface area contributed by atoms with E-state index in [1.54, 1.807) is 11.4 Å². The van der Waals surface area contributed by atoms with E-state index < -0.39 is 51.7 Å². The normalized spacial score (nSPS) is 16.2. The van der Waals surface area contributed by atoms with Crippen molar-refractivity contribution in [2.45, 2.75) is 23.6 Å². The molecule has 0 aliphatic carbocycles. The number of aromatic nitrogens is 2. The van der Waals surface area contributed by atoms with Gasteiger partial charge in [-0.2, -0.15) is 9.40 Å². The lowest BCUT2D eigenvalue weighted by atomic mass is 10.3. The van der Waals surface area contributed by atoms with Crippen LogP contribution in [0.15, 0.2) is 21.7 Å². The number of sulfonamides is 1. The molecule has 0 unspecified atom stereocenters. The van der Waals surface area contributed by atoms with Crippen LogP contribution in [-0.2, 0) is 21.4 Å². The molecule has 160 valence electrons. The Morgan fingerprint density at radius 1 is 1.17 bits per heavy atom. The molecule has 7 nitrogen and oxygen atoms in total. The van der Waals surface area contributed by atoms with Crippen molar-refractivity contribution >= 4 is 38.9 Å². The molecule has 0 bridgehead atoms. The Hall–Kier alpha value is -1.70. The number of rotatable bonds is 6. The maximum atomic E-state index is 13.2. The van der Waals surface area contributed by atoms with E-state index in [1.807, 2.05) is 0 Å². The lowest BCUT2D eigenvalue weighted by molar-refractivity contribution is -0.133. The number of carbonyl (C=O) groups is 1. The van der Waals surface area contributed by atoms with Gasteiger partial charge < -0.3 is 4.90 Å². The lowest BCUT2D eigenvalue weighted by Crippen LogP contribution is -2.51. The van der Waals surface area contributed by atoms with Crippen LogP contribution < -0.4 is 0 Å². The van der Waals surface area contributed by atoms with Crippen LogP contribution in [0.3, 0.4) is 0 Å². The minimum Gasteiger partial charge on any atom is -0.338 e. The third-order valence-electron chi connectivity index (χ3n) is 4.34. The Labute approximate surface area is 172 Å². The van der Waals surface area contributed by atoms with Crippen molar-refractivity contribution in [1.82, 2.24) is 19.0 Å². The first-order valence-corrected chi connectivity index (χ1v) is 11.0. The molecule has 0 aromatic carbocycles. The van der Waals surface area contributed by atoms with Gasteiger partial charge >= 0.3 is 0 Å². The third kappa shape index (κ3) is 4.42. The van der Waals surface area contributed by atoms with Gasteiger partial charge in [0.05, 0.1) is 5.02 Å². The maximum absolute atomic E-state index is 13.2. The number of nitrogens with zero attached hydrogens (tertiary/aromatic N) is 4. The number of hydrogen-bond acceptors (Lipinski definition) is 5. The second-order valence-corrected chi connectivity index (χ2v) is 9.55. The molecule has 0 radical (unpaired) electrons. The zero-order chi connectivity index (χ0) is 21.3. The molecule has 1 saturated heterocycles. The number of thiophene rings is 1. The summed E-state index contributed by atoms with van der Waals surface area (Å²) in [5.74, 6) is -0.653. The molecule has 2 aromatic heterocycles. The molecule has 0 N–H and O–H groups in total. The summed E-state index contributed by atoms with van der Waals surface area (Å²) in [7, 11) is -3.66. The van der Waals surface area contributed by atoms with Gasteiger partial charge in [-0.3, -0.25) is 9.48 Å². The fourth-order valence-corrected chi connectivity index (χ4v) is 5.75. The monoisotopic (exact) mass is 474 g/mol. The summed E-state index contributed by atoms with van der Waals surface area (Å²) in [4.78, 5) is 13.7. The Bertz CT molecular complexity index is 974. The molecule has 0 spiro atoms. The van der Waals surface area contributed by atoms with E-state index in [-0.39, 0.29) is 30.4 Å². The topological polar surface area (TPSA) is 75.5 Å². The SMILES string of the molecule is O=C(Cn1nc(C(F)F)c(Cl)c1C(F)F)N1CCN(S(=O)(=O)c2cccs2)CC1. The van der Waals surface area contributed by atoms with E-state index in [0.29, 0.717) is 4.68 Å². The Kier molecular flexibility index (Phi) is 6.51. The molecule has 1 aliphatic rings. The molecule has 1 amide bonds. The molecular weight excluding hydrogens is 460 g/mol. The quantitative estimate of drug-likeness (QED) is 0.603. The molecule has 29 heavy (non-hydrogen) atoms. The minimum absolute atomic E-state index is 0.0236. The standard InChI is InChI=1S/C15H15ClF4N4O3S2/c16-11-12(14(17)18)21-24(13(11)15(19)20)8-9(25)22-3-5-23(6-4-22)29(26,27)10-2-1-7-28-10/h1-2,7,14-15H,3-6,8H2. The number of piperazine rings is 1. The summed E-state index contributed by atoms with van der Waals surface area (Å²) in [5, 5.41) is 4.12. The Morgan fingerprint density at radius 2 is 1.83 bits per heavy atom. The molecule has 2 aromatic rings. The van der Waals surface area contributed by atoms with Gasteiger partial charge in [0.1, 0.15) is 22.1 Å². The Balaban J connectivity index is 1.69. The number of halogens is 5. The fourth-order valence-electron chi connectivity index (χ4n) is 2.88. The van der Waals surface area contributed by atoms with Crippen molar-refractivity contribution < 1.29 is 30.8 Å². The minimum atomic E-state index is -3.66. The van der Waals surface area contributed by atoms with E-state index >= 15 is 0 Å². The number of amides is 1. The molecule has 14 heteroatoms. The van der Waals surface area contributed by atoms with Gasteiger partial charge in [0.25, 0.3) is 22.9 Å². The highest BCUT2D eigenvalue weighted by Crippen LogP contribution is 2.34. The predicted molar refractivity (Wildman–Crippen MR) is 96.8 cm³/mol. The van der Waals surface area contributed by atoms with E-state index in [2.05, 4.69) is 5.10 Å². The number of carbonyl (C=O) groups excluding carboxylic acids is 1. The lowest BCUT2D eigenvalue weighted by Gasteiger charge is -2.33. The van der Waals surface area contributed by atoms with Gasteiger partial charge in [-0.15, -0.1) is 11.3 Å². The van der Waals surface area contributed by atoms with Gasteiger partial charge in [-0.1, -0.05) is 17.7 Å². The fraction of sp³-hybridized carbons (Fsp3) is 0.467. The van der Waals surface area contributed by atoms with Crippen molar-refractivity contribution in [3.8, 4) is 0 Å². The highest BCUT2D eigenvalue weighted by molar-refractivity contribution is 7.91. The van der Waals surface area contributed by atoms with E-state index in [1.165, 1.54) is 15.3 Å². The largest absolute Gasteiger partial charge is 0.338 e. The van der Waals surface area contributed by atoms with Gasteiger partial charge in [0, 0.05) is 26.2 Å². The first-order valence-electron chi connectivity index (χ1n) is 8.26. The smallest absolute Gasteiger partial charge is 0.283 e. The maximum Gasteiger partial charge on any atom is 0.283 e. The third-order valence-corrected chi connectivity index (χ3v) is 7.99. The zero-order valence-corrected chi connectivity index (χ0v) is 17.0. The predicted octanol–water partition coefficient (Wildman–Crippen LogP) is 3.01. The second-order valence-electron chi connectivity index (χ2n) is 6.06. The van der Waals surface area contributed by atoms with Crippen LogP contribution in [0, 0.1) is 0 Å². The van der Waals surface area contributed by atoms with E-state index in [4.69, 9.17) is 11.6 Å². The summed E-state index contributed by atoms with van der Waals surface area (Å²) in [6.07, 6.45) is -6.36. The Morgan fingerprint density at radius 3 is 2.34 bits per heavy atom. The first-order chi connectivity index (χ1) is 13.6. The van der Waals surface area contributed by atoms with Crippen LogP contribution in [0.1, 0.15) is 24.2 Å². The molecule has 3 rings (SSSR count). The molecule has 1 aliphatic heterocycles. The molecule has 0 atom stereocenters. The van der Waals surface area contributed by atoms with E-state index in [9.17, 15) is 30.8 Å². The van der Waals surface area contributed by atoms with Gasteiger partial charge in [0.15, 0.2) is 0 Å². The zero-order valence-electron chi connectivity index (χ0n) is 14.6. The van der Waals surface area contributed by atoms with Crippen molar-refractivity contribution in [2.75, 3.05) is 26.2 Å². The average Bonchev–Trinajstić information content (AvgIpc) is 3.30. The average molecular weight is 475 g/mol. The van der Waals surface area contributed by atoms with Crippen LogP contribution >= 0.6 is 22.9 Å². The summed E-state index contributed by atoms with van der Waals surface area (Å²) in [5.41, 5.74) is -1.96. The van der Waals surface area contributed by atoms with Crippen LogP contribution in [0.25, 0.3) is 0 Å². The van der Waals surface area contributed by atoms with Crippen molar-refractivity contribution in [3.63, 3.8) is 0 Å². The van der Waals surface area contributed by atoms with Crippen molar-refractivity contribution in [3.05, 3.63) is 33.9 Å². The van der Waals surface area contributed by atoms with Gasteiger partial charge in [0.2, 0.25) is 5.91 Å². The van der Waals surface area contributed by atoms with Gasteiger partial charge in [-0.05, 0) is 11.4 Å². The summed E-state index contributed by atoms with van der Waals surface area (Å²) in [6, 6.07) is 3.09. The van der Waals surface area contributed by atoms with Crippen LogP contribution in [0.5, 0.6) is 0 Å². The molecule has 3 heterocycles.